The Morgan fingerprint density at radius 1 is 0.762 bits per heavy atom. The SMILES string of the molecule is O=C=Nc1ccccc1OCOc1ccccc1N=C=O. The molecule has 0 atom stereocenters. The summed E-state index contributed by atoms with van der Waals surface area (Å²) in [6, 6.07) is 13.4. The molecule has 0 bridgehead atoms. The Bertz CT molecular complexity index is 656. The Labute approximate surface area is 120 Å². The van der Waals surface area contributed by atoms with E-state index in [2.05, 4.69) is 9.98 Å². The first-order chi connectivity index (χ1) is 10.3. The van der Waals surface area contributed by atoms with Crippen LogP contribution < -0.4 is 9.47 Å². The summed E-state index contributed by atoms with van der Waals surface area (Å²) in [6.45, 7) is -0.128. The number of carbonyl (C=O) groups excluding carboxylic acids is 2. The molecule has 0 heterocycles. The smallest absolute Gasteiger partial charge is 0.240 e. The van der Waals surface area contributed by atoms with Crippen LogP contribution in [0.2, 0.25) is 0 Å². The standard InChI is InChI=1S/C15H10N2O4/c18-9-16-12-5-1-3-7-14(12)20-11-21-15-8-4-2-6-13(15)17-10-19/h1-8H,11H2. The molecule has 0 spiro atoms. The maximum absolute atomic E-state index is 10.3. The van der Waals surface area contributed by atoms with E-state index >= 15 is 0 Å². The number of benzene rings is 2. The van der Waals surface area contributed by atoms with Crippen LogP contribution in [0, 0.1) is 0 Å². The summed E-state index contributed by atoms with van der Waals surface area (Å²) in [5.74, 6) is 0.773. The van der Waals surface area contributed by atoms with Crippen molar-refractivity contribution in [3.05, 3.63) is 48.5 Å². The van der Waals surface area contributed by atoms with Gasteiger partial charge in [0.2, 0.25) is 19.0 Å². The molecule has 104 valence electrons. The normalized spacial score (nSPS) is 9.14. The highest BCUT2D eigenvalue weighted by Gasteiger charge is 2.04. The summed E-state index contributed by atoms with van der Waals surface area (Å²) in [4.78, 5) is 27.7. The second-order valence-corrected chi connectivity index (χ2v) is 3.75. The predicted octanol–water partition coefficient (Wildman–Crippen LogP) is 3.04. The van der Waals surface area contributed by atoms with Crippen LogP contribution in [0.3, 0.4) is 0 Å². The molecule has 0 amide bonds. The zero-order valence-electron chi connectivity index (χ0n) is 10.9. The van der Waals surface area contributed by atoms with Crippen molar-refractivity contribution in [2.75, 3.05) is 6.79 Å². The molecule has 0 saturated heterocycles. The lowest BCUT2D eigenvalue weighted by atomic mass is 10.3. The third-order valence-electron chi connectivity index (χ3n) is 2.49. The van der Waals surface area contributed by atoms with Crippen LogP contribution in [0.4, 0.5) is 11.4 Å². The summed E-state index contributed by atoms with van der Waals surface area (Å²) in [7, 11) is 0. The predicted molar refractivity (Wildman–Crippen MR) is 74.6 cm³/mol. The monoisotopic (exact) mass is 282 g/mol. The topological polar surface area (TPSA) is 77.3 Å². The number of hydrogen-bond acceptors (Lipinski definition) is 6. The van der Waals surface area contributed by atoms with Crippen molar-refractivity contribution in [3.63, 3.8) is 0 Å². The van der Waals surface area contributed by atoms with Gasteiger partial charge in [-0.2, -0.15) is 9.98 Å². The van der Waals surface area contributed by atoms with E-state index in [4.69, 9.17) is 9.47 Å². The van der Waals surface area contributed by atoms with E-state index in [0.29, 0.717) is 22.9 Å². The molecule has 2 rings (SSSR count). The highest BCUT2D eigenvalue weighted by molar-refractivity contribution is 5.58. The lowest BCUT2D eigenvalue weighted by molar-refractivity contribution is 0.121. The van der Waals surface area contributed by atoms with Crippen molar-refractivity contribution < 1.29 is 19.1 Å². The molecule has 0 N–H and O–H groups in total. The van der Waals surface area contributed by atoms with Gasteiger partial charge in [-0.15, -0.1) is 0 Å². The highest BCUT2D eigenvalue weighted by Crippen LogP contribution is 2.28. The molecule has 2 aromatic carbocycles. The molecule has 0 aliphatic carbocycles. The van der Waals surface area contributed by atoms with Gasteiger partial charge in [0.1, 0.15) is 22.9 Å². The molecular formula is C15H10N2O4. The summed E-state index contributed by atoms with van der Waals surface area (Å²) in [5.41, 5.74) is 0.714. The number of nitrogens with zero attached hydrogens (tertiary/aromatic N) is 2. The average molecular weight is 282 g/mol. The molecule has 0 unspecified atom stereocenters. The van der Waals surface area contributed by atoms with Crippen molar-refractivity contribution >= 4 is 23.5 Å². The molecular weight excluding hydrogens is 272 g/mol. The Balaban J connectivity index is 2.05. The number of isocyanates is 2. The summed E-state index contributed by atoms with van der Waals surface area (Å²) >= 11 is 0. The Morgan fingerprint density at radius 3 is 1.62 bits per heavy atom. The molecule has 0 aliphatic heterocycles. The first-order valence-corrected chi connectivity index (χ1v) is 5.94. The van der Waals surface area contributed by atoms with Crippen LogP contribution in [0.25, 0.3) is 0 Å². The van der Waals surface area contributed by atoms with Gasteiger partial charge in [-0.1, -0.05) is 24.3 Å². The van der Waals surface area contributed by atoms with Crippen molar-refractivity contribution in [2.24, 2.45) is 9.98 Å². The molecule has 0 saturated carbocycles. The zero-order valence-corrected chi connectivity index (χ0v) is 10.9. The third kappa shape index (κ3) is 3.88. The largest absolute Gasteiger partial charge is 0.455 e. The van der Waals surface area contributed by atoms with E-state index in [1.165, 1.54) is 12.2 Å². The van der Waals surface area contributed by atoms with E-state index < -0.39 is 0 Å². The average Bonchev–Trinajstić information content (AvgIpc) is 2.51. The lowest BCUT2D eigenvalue weighted by Crippen LogP contribution is -2.05. The minimum atomic E-state index is -0.128. The second kappa shape index (κ2) is 7.40. The van der Waals surface area contributed by atoms with Gasteiger partial charge in [0, 0.05) is 0 Å². The number of aliphatic imine (C=N–C) groups is 2. The Hall–Kier alpha value is -3.20. The van der Waals surface area contributed by atoms with Crippen molar-refractivity contribution in [1.82, 2.24) is 0 Å². The molecule has 6 nitrogen and oxygen atoms in total. The van der Waals surface area contributed by atoms with Gasteiger partial charge < -0.3 is 9.47 Å². The van der Waals surface area contributed by atoms with Gasteiger partial charge in [-0.3, -0.25) is 0 Å². The first-order valence-electron chi connectivity index (χ1n) is 5.94. The van der Waals surface area contributed by atoms with Gasteiger partial charge in [-0.25, -0.2) is 9.59 Å². The van der Waals surface area contributed by atoms with Crippen LogP contribution in [0.15, 0.2) is 58.5 Å². The first kappa shape index (κ1) is 14.2. The van der Waals surface area contributed by atoms with Gasteiger partial charge in [0.25, 0.3) is 0 Å². The van der Waals surface area contributed by atoms with E-state index in [-0.39, 0.29) is 6.79 Å². The number of para-hydroxylation sites is 4. The summed E-state index contributed by atoms with van der Waals surface area (Å²) in [5, 5.41) is 0. The molecule has 0 aliphatic rings. The second-order valence-electron chi connectivity index (χ2n) is 3.75. The van der Waals surface area contributed by atoms with E-state index in [0.717, 1.165) is 0 Å². The van der Waals surface area contributed by atoms with E-state index in [1.54, 1.807) is 48.5 Å². The molecule has 21 heavy (non-hydrogen) atoms. The maximum atomic E-state index is 10.3. The minimum Gasteiger partial charge on any atom is -0.455 e. The fourth-order valence-corrected chi connectivity index (χ4v) is 1.60. The Kier molecular flexibility index (Phi) is 5.01. The quantitative estimate of drug-likeness (QED) is 0.463. The van der Waals surface area contributed by atoms with Crippen LogP contribution in [-0.2, 0) is 9.59 Å². The number of rotatable bonds is 6. The van der Waals surface area contributed by atoms with Crippen LogP contribution in [-0.4, -0.2) is 19.0 Å². The zero-order chi connectivity index (χ0) is 14.9. The number of ether oxygens (including phenoxy) is 2. The Morgan fingerprint density at radius 2 is 1.19 bits per heavy atom. The lowest BCUT2D eigenvalue weighted by Gasteiger charge is -2.10. The van der Waals surface area contributed by atoms with Gasteiger partial charge in [0.05, 0.1) is 0 Å². The summed E-state index contributed by atoms with van der Waals surface area (Å²) < 4.78 is 10.8. The third-order valence-corrected chi connectivity index (χ3v) is 2.49. The van der Waals surface area contributed by atoms with Crippen LogP contribution in [0.5, 0.6) is 11.5 Å². The van der Waals surface area contributed by atoms with Gasteiger partial charge in [-0.05, 0) is 24.3 Å². The molecule has 0 radical (unpaired) electrons. The van der Waals surface area contributed by atoms with E-state index in [1.807, 2.05) is 0 Å². The van der Waals surface area contributed by atoms with Gasteiger partial charge in [0.15, 0.2) is 0 Å². The fraction of sp³-hybridized carbons (Fsp3) is 0.0667. The van der Waals surface area contributed by atoms with Crippen molar-refractivity contribution in [3.8, 4) is 11.5 Å². The van der Waals surface area contributed by atoms with E-state index in [9.17, 15) is 9.59 Å². The van der Waals surface area contributed by atoms with Gasteiger partial charge >= 0.3 is 0 Å². The fourth-order valence-electron chi connectivity index (χ4n) is 1.60. The van der Waals surface area contributed by atoms with Crippen molar-refractivity contribution in [2.45, 2.75) is 0 Å². The molecule has 0 aromatic heterocycles. The number of hydrogen-bond donors (Lipinski definition) is 0. The van der Waals surface area contributed by atoms with Crippen molar-refractivity contribution in [1.29, 1.82) is 0 Å². The molecule has 2 aromatic rings. The minimum absolute atomic E-state index is 0.128. The molecule has 0 fully saturated rings. The van der Waals surface area contributed by atoms with Crippen LogP contribution >= 0.6 is 0 Å². The summed E-state index contributed by atoms with van der Waals surface area (Å²) in [6.07, 6.45) is 2.91. The molecule has 6 heteroatoms. The highest BCUT2D eigenvalue weighted by atomic mass is 16.7. The van der Waals surface area contributed by atoms with Crippen LogP contribution in [0.1, 0.15) is 0 Å². The maximum Gasteiger partial charge on any atom is 0.240 e.